The van der Waals surface area contributed by atoms with Crippen LogP contribution < -0.4 is 4.74 Å². The Morgan fingerprint density at radius 2 is 1.53 bits per heavy atom. The summed E-state index contributed by atoms with van der Waals surface area (Å²) in [6.07, 6.45) is 0.429. The minimum absolute atomic E-state index is 0.336. The first-order chi connectivity index (χ1) is 15.5. The fraction of sp³-hybridized carbons (Fsp3) is 0.321. The van der Waals surface area contributed by atoms with Crippen LogP contribution in [0.1, 0.15) is 47.1 Å². The van der Waals surface area contributed by atoms with Crippen molar-refractivity contribution < 1.29 is 19.4 Å². The fourth-order valence-electron chi connectivity index (χ4n) is 4.54. The van der Waals surface area contributed by atoms with Crippen LogP contribution in [-0.4, -0.2) is 30.4 Å². The van der Waals surface area contributed by atoms with Crippen LogP contribution in [0, 0.1) is 13.8 Å². The summed E-state index contributed by atoms with van der Waals surface area (Å²) in [6.45, 7) is 7.08. The van der Waals surface area contributed by atoms with Crippen molar-refractivity contribution in [1.29, 1.82) is 0 Å². The summed E-state index contributed by atoms with van der Waals surface area (Å²) in [7, 11) is 0. The predicted molar refractivity (Wildman–Crippen MR) is 127 cm³/mol. The number of ether oxygens (including phenoxy) is 2. The lowest BCUT2D eigenvalue weighted by molar-refractivity contribution is -0.149. The van der Waals surface area contributed by atoms with Crippen molar-refractivity contribution >= 4 is 5.97 Å². The monoisotopic (exact) mass is 430 g/mol. The summed E-state index contributed by atoms with van der Waals surface area (Å²) < 4.78 is 11.4. The number of aryl methyl sites for hydroxylation is 2. The molecule has 1 atom stereocenters. The fourth-order valence-corrected chi connectivity index (χ4v) is 4.54. The van der Waals surface area contributed by atoms with Crippen LogP contribution in [-0.2, 0) is 16.0 Å². The number of aliphatic carboxylic acids is 1. The van der Waals surface area contributed by atoms with E-state index in [-0.39, 0.29) is 0 Å². The summed E-state index contributed by atoms with van der Waals surface area (Å²) in [5, 5.41) is 9.26. The predicted octanol–water partition coefficient (Wildman–Crippen LogP) is 5.92. The van der Waals surface area contributed by atoms with Crippen molar-refractivity contribution in [3.05, 3.63) is 88.5 Å². The van der Waals surface area contributed by atoms with Gasteiger partial charge in [-0.1, -0.05) is 59.7 Å². The van der Waals surface area contributed by atoms with Crippen LogP contribution in [0.3, 0.4) is 0 Å². The third kappa shape index (κ3) is 4.71. The summed E-state index contributed by atoms with van der Waals surface area (Å²) >= 11 is 0. The Bertz CT molecular complexity index is 1050. The molecule has 0 saturated carbocycles. The maximum absolute atomic E-state index is 11.3. The minimum Gasteiger partial charge on any atom is -0.494 e. The van der Waals surface area contributed by atoms with E-state index in [1.807, 2.05) is 24.3 Å². The van der Waals surface area contributed by atoms with E-state index >= 15 is 0 Å². The number of fused-ring (bicyclic) bond motifs is 3. The molecule has 0 radical (unpaired) electrons. The standard InChI is InChI=1S/C28H30O4/c1-4-31-27(28(29)30)17-20-7-9-21(10-8-20)32-14-13-24-22-11-5-18(2)15-25(22)26-16-19(3)6-12-23(24)26/h5-12,15-16,24,27H,4,13-14,17H2,1-3H3,(H,29,30). The quantitative estimate of drug-likeness (QED) is 0.458. The molecule has 0 bridgehead atoms. The summed E-state index contributed by atoms with van der Waals surface area (Å²) in [6, 6.07) is 21.1. The molecule has 0 spiro atoms. The molecule has 0 aliphatic heterocycles. The zero-order valence-electron chi connectivity index (χ0n) is 18.9. The van der Waals surface area contributed by atoms with Gasteiger partial charge in [-0.25, -0.2) is 4.79 Å². The zero-order valence-corrected chi connectivity index (χ0v) is 18.9. The molecule has 4 heteroatoms. The Kier molecular flexibility index (Phi) is 6.61. The van der Waals surface area contributed by atoms with Crippen LogP contribution in [0.15, 0.2) is 60.7 Å². The molecule has 32 heavy (non-hydrogen) atoms. The van der Waals surface area contributed by atoms with Gasteiger partial charge in [-0.3, -0.25) is 0 Å². The van der Waals surface area contributed by atoms with Gasteiger partial charge in [0, 0.05) is 18.9 Å². The highest BCUT2D eigenvalue weighted by Crippen LogP contribution is 2.47. The van der Waals surface area contributed by atoms with E-state index in [1.165, 1.54) is 33.4 Å². The number of rotatable bonds is 9. The van der Waals surface area contributed by atoms with Crippen LogP contribution in [0.5, 0.6) is 5.75 Å². The van der Waals surface area contributed by atoms with E-state index < -0.39 is 12.1 Å². The first-order valence-corrected chi connectivity index (χ1v) is 11.2. The first kappa shape index (κ1) is 22.1. The van der Waals surface area contributed by atoms with Crippen molar-refractivity contribution in [2.24, 2.45) is 0 Å². The molecule has 1 aliphatic carbocycles. The van der Waals surface area contributed by atoms with Gasteiger partial charge in [0.05, 0.1) is 6.61 Å². The maximum Gasteiger partial charge on any atom is 0.333 e. The van der Waals surface area contributed by atoms with Gasteiger partial charge in [0.1, 0.15) is 5.75 Å². The molecular weight excluding hydrogens is 400 g/mol. The largest absolute Gasteiger partial charge is 0.494 e. The van der Waals surface area contributed by atoms with Crippen LogP contribution in [0.4, 0.5) is 0 Å². The molecule has 4 rings (SSSR count). The van der Waals surface area contributed by atoms with Crippen molar-refractivity contribution in [2.45, 2.75) is 45.6 Å². The van der Waals surface area contributed by atoms with Crippen molar-refractivity contribution in [2.75, 3.05) is 13.2 Å². The van der Waals surface area contributed by atoms with Gasteiger partial charge in [0.15, 0.2) is 6.10 Å². The normalized spacial score (nSPS) is 13.5. The Morgan fingerprint density at radius 1 is 0.938 bits per heavy atom. The van der Waals surface area contributed by atoms with Gasteiger partial charge in [-0.15, -0.1) is 0 Å². The Labute approximate surface area is 189 Å². The van der Waals surface area contributed by atoms with E-state index in [0.29, 0.717) is 25.6 Å². The highest BCUT2D eigenvalue weighted by molar-refractivity contribution is 5.79. The summed E-state index contributed by atoms with van der Waals surface area (Å²) in [5.74, 6) is 0.195. The average Bonchev–Trinajstić information content (AvgIpc) is 3.06. The lowest BCUT2D eigenvalue weighted by Crippen LogP contribution is -2.26. The third-order valence-corrected chi connectivity index (χ3v) is 6.12. The maximum atomic E-state index is 11.3. The Balaban J connectivity index is 1.41. The number of hydrogen-bond donors (Lipinski definition) is 1. The molecule has 0 heterocycles. The number of carboxylic acid groups (broad SMARTS) is 1. The van der Waals surface area contributed by atoms with Gasteiger partial charge < -0.3 is 14.6 Å². The topological polar surface area (TPSA) is 55.8 Å². The van der Waals surface area contributed by atoms with E-state index in [4.69, 9.17) is 9.47 Å². The average molecular weight is 431 g/mol. The Morgan fingerprint density at radius 3 is 2.06 bits per heavy atom. The van der Waals surface area contributed by atoms with Crippen LogP contribution in [0.2, 0.25) is 0 Å². The molecule has 3 aromatic rings. The molecule has 3 aromatic carbocycles. The molecule has 4 nitrogen and oxygen atoms in total. The molecule has 0 aromatic heterocycles. The van der Waals surface area contributed by atoms with E-state index in [9.17, 15) is 9.90 Å². The minimum atomic E-state index is -0.935. The van der Waals surface area contributed by atoms with E-state index in [0.717, 1.165) is 17.7 Å². The highest BCUT2D eigenvalue weighted by atomic mass is 16.5. The highest BCUT2D eigenvalue weighted by Gasteiger charge is 2.28. The molecule has 0 saturated heterocycles. The molecule has 1 unspecified atom stereocenters. The molecule has 0 fully saturated rings. The van der Waals surface area contributed by atoms with Crippen molar-refractivity contribution in [1.82, 2.24) is 0 Å². The molecule has 166 valence electrons. The third-order valence-electron chi connectivity index (χ3n) is 6.12. The van der Waals surface area contributed by atoms with Crippen LogP contribution in [0.25, 0.3) is 11.1 Å². The van der Waals surface area contributed by atoms with Crippen LogP contribution >= 0.6 is 0 Å². The second kappa shape index (κ2) is 9.58. The van der Waals surface area contributed by atoms with E-state index in [2.05, 4.69) is 50.2 Å². The first-order valence-electron chi connectivity index (χ1n) is 11.2. The van der Waals surface area contributed by atoms with Crippen molar-refractivity contribution in [3.63, 3.8) is 0 Å². The van der Waals surface area contributed by atoms with E-state index in [1.54, 1.807) is 6.92 Å². The Hall–Kier alpha value is -3.11. The van der Waals surface area contributed by atoms with Gasteiger partial charge in [-0.05, 0) is 67.1 Å². The number of carboxylic acids is 1. The van der Waals surface area contributed by atoms with Gasteiger partial charge >= 0.3 is 5.97 Å². The second-order valence-electron chi connectivity index (χ2n) is 8.50. The zero-order chi connectivity index (χ0) is 22.7. The van der Waals surface area contributed by atoms with Gasteiger partial charge in [0.25, 0.3) is 0 Å². The number of carbonyl (C=O) groups is 1. The van der Waals surface area contributed by atoms with Gasteiger partial charge in [0.2, 0.25) is 0 Å². The lowest BCUT2D eigenvalue weighted by Gasteiger charge is -2.15. The second-order valence-corrected chi connectivity index (χ2v) is 8.50. The SMILES string of the molecule is CCOC(Cc1ccc(OCCC2c3ccc(C)cc3-c3cc(C)ccc32)cc1)C(=O)O. The molecule has 1 N–H and O–H groups in total. The summed E-state index contributed by atoms with van der Waals surface area (Å²) in [5.41, 5.74) is 8.94. The number of hydrogen-bond acceptors (Lipinski definition) is 3. The number of benzene rings is 3. The molecular formula is C28H30O4. The van der Waals surface area contributed by atoms with Crippen molar-refractivity contribution in [3.8, 4) is 16.9 Å². The molecule has 0 amide bonds. The summed E-state index contributed by atoms with van der Waals surface area (Å²) in [4.78, 5) is 11.3. The van der Waals surface area contributed by atoms with Gasteiger partial charge in [-0.2, -0.15) is 0 Å². The smallest absolute Gasteiger partial charge is 0.333 e. The molecule has 1 aliphatic rings. The lowest BCUT2D eigenvalue weighted by atomic mass is 9.93.